The maximum absolute atomic E-state index is 11.5. The van der Waals surface area contributed by atoms with Gasteiger partial charge in [0.25, 0.3) is 0 Å². The van der Waals surface area contributed by atoms with Gasteiger partial charge in [-0.1, -0.05) is 19.8 Å². The second-order valence-corrected chi connectivity index (χ2v) is 7.57. The van der Waals surface area contributed by atoms with E-state index in [9.17, 15) is 9.90 Å². The maximum atomic E-state index is 11.5. The summed E-state index contributed by atoms with van der Waals surface area (Å²) < 4.78 is 0. The predicted octanol–water partition coefficient (Wildman–Crippen LogP) is 2.87. The Morgan fingerprint density at radius 2 is 2.05 bits per heavy atom. The summed E-state index contributed by atoms with van der Waals surface area (Å²) in [7, 11) is 2.20. The average Bonchev–Trinajstić information content (AvgIpc) is 3.22. The van der Waals surface area contributed by atoms with Gasteiger partial charge in [-0.2, -0.15) is 0 Å². The van der Waals surface area contributed by atoms with Crippen molar-refractivity contribution in [2.45, 2.75) is 82.8 Å². The third-order valence-electron chi connectivity index (χ3n) is 5.29. The third-order valence-corrected chi connectivity index (χ3v) is 5.29. The molecule has 2 fully saturated rings. The molecule has 4 nitrogen and oxygen atoms in total. The van der Waals surface area contributed by atoms with E-state index in [0.29, 0.717) is 18.5 Å². The number of carboxylic acid groups (broad SMARTS) is 1. The lowest BCUT2D eigenvalue weighted by Crippen LogP contribution is -2.51. The molecule has 3 unspecified atom stereocenters. The molecular formula is C17H32N2O2. The lowest BCUT2D eigenvalue weighted by Gasteiger charge is -2.35. The van der Waals surface area contributed by atoms with Gasteiger partial charge in [-0.15, -0.1) is 0 Å². The summed E-state index contributed by atoms with van der Waals surface area (Å²) in [6.07, 6.45) is 9.23. The van der Waals surface area contributed by atoms with E-state index in [1.165, 1.54) is 25.7 Å². The van der Waals surface area contributed by atoms with E-state index in [2.05, 4.69) is 24.2 Å². The third kappa shape index (κ3) is 4.96. The maximum Gasteiger partial charge on any atom is 0.323 e. The highest BCUT2D eigenvalue weighted by Crippen LogP contribution is 2.28. The highest BCUT2D eigenvalue weighted by Gasteiger charge is 2.38. The molecule has 0 aromatic rings. The van der Waals surface area contributed by atoms with Crippen LogP contribution in [-0.2, 0) is 4.79 Å². The Bertz CT molecular complexity index is 357. The number of hydrogen-bond donors (Lipinski definition) is 2. The highest BCUT2D eigenvalue weighted by atomic mass is 16.4. The average molecular weight is 296 g/mol. The summed E-state index contributed by atoms with van der Waals surface area (Å²) in [5.41, 5.74) is -0.748. The molecule has 0 amide bonds. The molecule has 0 saturated heterocycles. The summed E-state index contributed by atoms with van der Waals surface area (Å²) in [5.74, 6) is 0.135. The summed E-state index contributed by atoms with van der Waals surface area (Å²) in [5, 5.41) is 12.8. The summed E-state index contributed by atoms with van der Waals surface area (Å²) in [4.78, 5) is 14.0. The molecule has 2 aliphatic rings. The first-order valence-corrected chi connectivity index (χ1v) is 8.62. The number of aliphatic carboxylic acids is 1. The minimum Gasteiger partial charge on any atom is -0.480 e. The minimum absolute atomic E-state index is 0.433. The molecule has 2 N–H and O–H groups in total. The quantitative estimate of drug-likeness (QED) is 0.723. The SMILES string of the molecule is CC1CCCC(N(C)CCCC(C)(NC2CC2)C(=O)O)C1. The zero-order chi connectivity index (χ0) is 15.5. The second-order valence-electron chi connectivity index (χ2n) is 7.57. The van der Waals surface area contributed by atoms with Crippen molar-refractivity contribution in [1.29, 1.82) is 0 Å². The van der Waals surface area contributed by atoms with Crippen LogP contribution in [0.3, 0.4) is 0 Å². The van der Waals surface area contributed by atoms with Crippen molar-refractivity contribution in [3.8, 4) is 0 Å². The van der Waals surface area contributed by atoms with Crippen molar-refractivity contribution >= 4 is 5.97 Å². The molecule has 0 radical (unpaired) electrons. The topological polar surface area (TPSA) is 52.6 Å². The van der Waals surface area contributed by atoms with E-state index in [1.54, 1.807) is 0 Å². The van der Waals surface area contributed by atoms with Gasteiger partial charge in [0.05, 0.1) is 0 Å². The van der Waals surface area contributed by atoms with Crippen LogP contribution in [0.4, 0.5) is 0 Å². The number of rotatable bonds is 8. The first-order valence-electron chi connectivity index (χ1n) is 8.62. The molecule has 21 heavy (non-hydrogen) atoms. The van der Waals surface area contributed by atoms with Crippen LogP contribution in [0.2, 0.25) is 0 Å². The van der Waals surface area contributed by atoms with Crippen LogP contribution in [0.1, 0.15) is 65.2 Å². The molecule has 4 heteroatoms. The van der Waals surface area contributed by atoms with Crippen LogP contribution in [0.5, 0.6) is 0 Å². The molecule has 0 bridgehead atoms. The van der Waals surface area contributed by atoms with Crippen molar-refractivity contribution in [2.75, 3.05) is 13.6 Å². The first-order chi connectivity index (χ1) is 9.90. The molecule has 0 aliphatic heterocycles. The molecule has 0 spiro atoms. The van der Waals surface area contributed by atoms with Gasteiger partial charge in [0.2, 0.25) is 0 Å². The van der Waals surface area contributed by atoms with E-state index >= 15 is 0 Å². The van der Waals surface area contributed by atoms with Crippen molar-refractivity contribution in [1.82, 2.24) is 10.2 Å². The van der Waals surface area contributed by atoms with Gasteiger partial charge in [0, 0.05) is 12.1 Å². The monoisotopic (exact) mass is 296 g/mol. The summed E-state index contributed by atoms with van der Waals surface area (Å²) in [6, 6.07) is 1.13. The molecule has 2 aliphatic carbocycles. The highest BCUT2D eigenvalue weighted by molar-refractivity contribution is 5.78. The minimum atomic E-state index is -0.748. The van der Waals surface area contributed by atoms with Crippen molar-refractivity contribution in [2.24, 2.45) is 5.92 Å². The number of hydrogen-bond acceptors (Lipinski definition) is 3. The lowest BCUT2D eigenvalue weighted by molar-refractivity contribution is -0.144. The fourth-order valence-electron chi connectivity index (χ4n) is 3.59. The Kier molecular flexibility index (Phi) is 5.67. The smallest absolute Gasteiger partial charge is 0.323 e. The van der Waals surface area contributed by atoms with E-state index in [1.807, 2.05) is 6.92 Å². The van der Waals surface area contributed by atoms with Crippen molar-refractivity contribution in [3.63, 3.8) is 0 Å². The first kappa shape index (κ1) is 16.8. The van der Waals surface area contributed by atoms with Crippen molar-refractivity contribution < 1.29 is 9.90 Å². The van der Waals surface area contributed by atoms with Gasteiger partial charge in [-0.05, 0) is 65.0 Å². The summed E-state index contributed by atoms with van der Waals surface area (Å²) in [6.45, 7) is 5.20. The van der Waals surface area contributed by atoms with Crippen LogP contribution < -0.4 is 5.32 Å². The molecule has 3 atom stereocenters. The Balaban J connectivity index is 1.74. The Labute approximate surface area is 129 Å². The Morgan fingerprint density at radius 1 is 1.33 bits per heavy atom. The van der Waals surface area contributed by atoms with Crippen molar-refractivity contribution in [3.05, 3.63) is 0 Å². The fourth-order valence-corrected chi connectivity index (χ4v) is 3.59. The lowest BCUT2D eigenvalue weighted by atomic mass is 9.86. The van der Waals surface area contributed by atoms with Gasteiger partial charge < -0.3 is 10.0 Å². The fraction of sp³-hybridized carbons (Fsp3) is 0.941. The molecule has 2 saturated carbocycles. The van der Waals surface area contributed by atoms with Gasteiger partial charge >= 0.3 is 5.97 Å². The zero-order valence-electron chi connectivity index (χ0n) is 13.9. The van der Waals surface area contributed by atoms with Crippen LogP contribution in [0.15, 0.2) is 0 Å². The van der Waals surface area contributed by atoms with Crippen LogP contribution in [-0.4, -0.2) is 47.2 Å². The Hall–Kier alpha value is -0.610. The molecule has 2 rings (SSSR count). The number of nitrogens with one attached hydrogen (secondary N) is 1. The van der Waals surface area contributed by atoms with Gasteiger partial charge in [0.15, 0.2) is 0 Å². The van der Waals surface area contributed by atoms with Crippen LogP contribution >= 0.6 is 0 Å². The number of carbonyl (C=O) groups is 1. The number of nitrogens with zero attached hydrogens (tertiary/aromatic N) is 1. The van der Waals surface area contributed by atoms with E-state index in [4.69, 9.17) is 0 Å². The molecule has 0 aromatic heterocycles. The summed E-state index contributed by atoms with van der Waals surface area (Å²) >= 11 is 0. The molecule has 0 heterocycles. The molecule has 122 valence electrons. The van der Waals surface area contributed by atoms with Gasteiger partial charge in [-0.3, -0.25) is 10.1 Å². The van der Waals surface area contributed by atoms with Gasteiger partial charge in [-0.25, -0.2) is 0 Å². The van der Waals surface area contributed by atoms with E-state index < -0.39 is 11.5 Å². The van der Waals surface area contributed by atoms with E-state index in [0.717, 1.165) is 31.7 Å². The Morgan fingerprint density at radius 3 is 2.62 bits per heavy atom. The molecular weight excluding hydrogens is 264 g/mol. The molecule has 0 aromatic carbocycles. The second kappa shape index (κ2) is 7.10. The largest absolute Gasteiger partial charge is 0.480 e. The zero-order valence-corrected chi connectivity index (χ0v) is 13.9. The van der Waals surface area contributed by atoms with Gasteiger partial charge in [0.1, 0.15) is 5.54 Å². The van der Waals surface area contributed by atoms with Crippen LogP contribution in [0, 0.1) is 5.92 Å². The standard InChI is InChI=1S/C17H32N2O2/c1-13-6-4-7-15(12-13)19(3)11-5-10-17(2,16(20)21)18-14-8-9-14/h13-15,18H,4-12H2,1-3H3,(H,20,21). The number of carboxylic acids is 1. The normalized spacial score (nSPS) is 29.3. The van der Waals surface area contributed by atoms with Crippen LogP contribution in [0.25, 0.3) is 0 Å². The van der Waals surface area contributed by atoms with E-state index in [-0.39, 0.29) is 0 Å². The predicted molar refractivity (Wildman–Crippen MR) is 85.5 cm³/mol.